The van der Waals surface area contributed by atoms with E-state index < -0.39 is 9.73 Å². The highest BCUT2D eigenvalue weighted by atomic mass is 32.2. The van der Waals surface area contributed by atoms with Crippen LogP contribution in [0.25, 0.3) is 33.6 Å². The summed E-state index contributed by atoms with van der Waals surface area (Å²) in [5.74, 6) is -0.215. The number of hydrogen-bond donors (Lipinski definition) is 2. The second-order valence-electron chi connectivity index (χ2n) is 8.94. The van der Waals surface area contributed by atoms with Gasteiger partial charge in [-0.15, -0.1) is 0 Å². The summed E-state index contributed by atoms with van der Waals surface area (Å²) < 4.78 is 40.6. The highest BCUT2D eigenvalue weighted by Crippen LogP contribution is 2.28. The second kappa shape index (κ2) is 9.67. The van der Waals surface area contributed by atoms with Crippen LogP contribution in [0.1, 0.15) is 18.5 Å². The number of carbonyl (C=O) groups is 1. The van der Waals surface area contributed by atoms with Gasteiger partial charge in [0.15, 0.2) is 0 Å². The smallest absolute Gasteiger partial charge is 0.243 e. The predicted molar refractivity (Wildman–Crippen MR) is 141 cm³/mol. The molecule has 0 saturated carbocycles. The minimum absolute atomic E-state index is 0.0121. The van der Waals surface area contributed by atoms with Crippen molar-refractivity contribution < 1.29 is 17.8 Å². The van der Waals surface area contributed by atoms with Crippen molar-refractivity contribution in [1.82, 2.24) is 14.9 Å². The maximum absolute atomic E-state index is 13.8. The summed E-state index contributed by atoms with van der Waals surface area (Å²) in [5.41, 5.74) is 4.16. The maximum atomic E-state index is 13.8. The van der Waals surface area contributed by atoms with E-state index in [9.17, 15) is 13.4 Å². The zero-order valence-electron chi connectivity index (χ0n) is 20.3. The lowest BCUT2D eigenvalue weighted by Gasteiger charge is -2.16. The van der Waals surface area contributed by atoms with Gasteiger partial charge in [0.2, 0.25) is 11.8 Å². The number of amides is 1. The van der Waals surface area contributed by atoms with Gasteiger partial charge in [0, 0.05) is 22.1 Å². The van der Waals surface area contributed by atoms with Crippen LogP contribution in [0, 0.1) is 10.6 Å². The van der Waals surface area contributed by atoms with Gasteiger partial charge >= 0.3 is 0 Å². The van der Waals surface area contributed by atoms with Crippen LogP contribution >= 0.6 is 0 Å². The van der Waals surface area contributed by atoms with Crippen molar-refractivity contribution in [1.29, 1.82) is 4.78 Å². The molecule has 0 bridgehead atoms. The van der Waals surface area contributed by atoms with Gasteiger partial charge in [-0.2, -0.15) is 0 Å². The largest absolute Gasteiger partial charge is 0.443 e. The maximum Gasteiger partial charge on any atom is 0.243 e. The molecule has 7 nitrogen and oxygen atoms in total. The molecule has 2 unspecified atom stereocenters. The van der Waals surface area contributed by atoms with Crippen LogP contribution in [0.4, 0.5) is 4.39 Å². The molecule has 0 saturated heterocycles. The number of nitrogens with zero attached hydrogens (tertiary/aromatic N) is 2. The van der Waals surface area contributed by atoms with Crippen molar-refractivity contribution in [3.63, 3.8) is 0 Å². The Labute approximate surface area is 213 Å². The summed E-state index contributed by atoms with van der Waals surface area (Å²) in [4.78, 5) is 17.7. The van der Waals surface area contributed by atoms with Crippen LogP contribution in [0.2, 0.25) is 0 Å². The lowest BCUT2D eigenvalue weighted by Crippen LogP contribution is -2.30. The van der Waals surface area contributed by atoms with Crippen LogP contribution < -0.4 is 5.32 Å². The van der Waals surface area contributed by atoms with E-state index >= 15 is 0 Å². The zero-order chi connectivity index (χ0) is 26.2. The van der Waals surface area contributed by atoms with E-state index in [2.05, 4.69) is 10.3 Å². The first kappa shape index (κ1) is 24.5. The standard InChI is InChI=1S/C28H25FN4O3S/c1-18(19-3-5-20(6-4-19)21-7-10-24(11-8-21)37(2,30)35)32-27(34)17-33-25-12-9-23(29)15-22(25)16-26(33)28-31-13-14-36-28/h3-16,18,30H,17H2,1-2H3,(H,32,34). The fourth-order valence-corrected chi connectivity index (χ4v) is 4.98. The SMILES string of the molecule is CC(NC(=O)Cn1c(-c2ncco2)cc2cc(F)ccc21)c1ccc(-c2ccc(S(C)(=N)=O)cc2)cc1. The number of halogens is 1. The molecule has 2 atom stereocenters. The minimum atomic E-state index is -2.75. The van der Waals surface area contributed by atoms with Crippen molar-refractivity contribution >= 4 is 26.5 Å². The summed E-state index contributed by atoms with van der Waals surface area (Å²) >= 11 is 0. The van der Waals surface area contributed by atoms with Gasteiger partial charge in [0.25, 0.3) is 0 Å². The molecule has 3 aromatic carbocycles. The average Bonchev–Trinajstić information content (AvgIpc) is 3.52. The third-order valence-corrected chi connectivity index (χ3v) is 7.41. The van der Waals surface area contributed by atoms with E-state index in [1.165, 1.54) is 30.8 Å². The first-order valence-electron chi connectivity index (χ1n) is 11.6. The number of fused-ring (bicyclic) bond motifs is 1. The van der Waals surface area contributed by atoms with Gasteiger partial charge in [-0.25, -0.2) is 18.4 Å². The normalized spacial score (nSPS) is 13.8. The number of aromatic nitrogens is 2. The Morgan fingerprint density at radius 1 is 1.08 bits per heavy atom. The minimum Gasteiger partial charge on any atom is -0.443 e. The molecule has 2 N–H and O–H groups in total. The first-order chi connectivity index (χ1) is 17.7. The molecule has 5 rings (SSSR count). The van der Waals surface area contributed by atoms with E-state index in [0.29, 0.717) is 27.4 Å². The van der Waals surface area contributed by atoms with E-state index in [-0.39, 0.29) is 24.3 Å². The van der Waals surface area contributed by atoms with Crippen molar-refractivity contribution in [2.24, 2.45) is 0 Å². The molecule has 0 aliphatic heterocycles. The topological polar surface area (TPSA) is 101 Å². The number of rotatable bonds is 7. The van der Waals surface area contributed by atoms with Gasteiger partial charge in [0.05, 0.1) is 22.0 Å². The molecule has 37 heavy (non-hydrogen) atoms. The molecule has 0 aliphatic rings. The fraction of sp³-hybridized carbons (Fsp3) is 0.143. The Morgan fingerprint density at radius 3 is 2.38 bits per heavy atom. The Balaban J connectivity index is 1.32. The lowest BCUT2D eigenvalue weighted by molar-refractivity contribution is -0.122. The van der Waals surface area contributed by atoms with E-state index in [4.69, 9.17) is 9.20 Å². The second-order valence-corrected chi connectivity index (χ2v) is 11.1. The number of nitrogens with one attached hydrogen (secondary N) is 2. The number of benzene rings is 3. The average molecular weight is 517 g/mol. The van der Waals surface area contributed by atoms with Crippen molar-refractivity contribution in [3.05, 3.63) is 96.6 Å². The van der Waals surface area contributed by atoms with Crippen molar-refractivity contribution in [3.8, 4) is 22.7 Å². The van der Waals surface area contributed by atoms with Gasteiger partial charge in [0.1, 0.15) is 24.3 Å². The highest BCUT2D eigenvalue weighted by molar-refractivity contribution is 7.91. The summed E-state index contributed by atoms with van der Waals surface area (Å²) in [6.07, 6.45) is 4.38. The molecule has 1 amide bonds. The molecule has 2 heterocycles. The molecule has 0 radical (unpaired) electrons. The van der Waals surface area contributed by atoms with Crippen molar-refractivity contribution in [2.75, 3.05) is 6.26 Å². The quantitative estimate of drug-likeness (QED) is 0.276. The molecular weight excluding hydrogens is 491 g/mol. The fourth-order valence-electron chi connectivity index (χ4n) is 4.32. The van der Waals surface area contributed by atoms with Gasteiger partial charge < -0.3 is 14.3 Å². The van der Waals surface area contributed by atoms with Crippen LogP contribution in [0.3, 0.4) is 0 Å². The van der Waals surface area contributed by atoms with E-state index in [1.54, 1.807) is 28.8 Å². The summed E-state index contributed by atoms with van der Waals surface area (Å²) in [6.45, 7) is 1.92. The summed E-state index contributed by atoms with van der Waals surface area (Å²) in [5, 5.41) is 3.68. The molecule has 2 aromatic heterocycles. The third-order valence-electron chi connectivity index (χ3n) is 6.24. The Hall–Kier alpha value is -4.24. The first-order valence-corrected chi connectivity index (χ1v) is 13.6. The molecule has 0 aliphatic carbocycles. The predicted octanol–water partition coefficient (Wildman–Crippen LogP) is 6.02. The lowest BCUT2D eigenvalue weighted by atomic mass is 10.0. The van der Waals surface area contributed by atoms with Crippen LogP contribution in [0.15, 0.2) is 94.6 Å². The van der Waals surface area contributed by atoms with Crippen LogP contribution in [-0.4, -0.2) is 25.9 Å². The molecule has 9 heteroatoms. The third kappa shape index (κ3) is 5.17. The molecule has 0 spiro atoms. The Kier molecular flexibility index (Phi) is 6.39. The van der Waals surface area contributed by atoms with Gasteiger partial charge in [-0.3, -0.25) is 4.79 Å². The van der Waals surface area contributed by atoms with E-state index in [0.717, 1.165) is 16.7 Å². The summed E-state index contributed by atoms with van der Waals surface area (Å²) in [7, 11) is -2.75. The number of hydrogen-bond acceptors (Lipinski definition) is 5. The van der Waals surface area contributed by atoms with Crippen molar-refractivity contribution in [2.45, 2.75) is 24.4 Å². The molecule has 0 fully saturated rings. The van der Waals surface area contributed by atoms with Gasteiger partial charge in [-0.1, -0.05) is 36.4 Å². The molecule has 5 aromatic rings. The monoisotopic (exact) mass is 516 g/mol. The van der Waals surface area contributed by atoms with E-state index in [1.807, 2.05) is 43.3 Å². The Bertz CT molecular complexity index is 1670. The zero-order valence-corrected chi connectivity index (χ0v) is 21.1. The summed E-state index contributed by atoms with van der Waals surface area (Å²) in [6, 6.07) is 20.9. The van der Waals surface area contributed by atoms with Crippen LogP contribution in [-0.2, 0) is 21.1 Å². The molecular formula is C28H25FN4O3S. The molecule has 188 valence electrons. The van der Waals surface area contributed by atoms with Crippen LogP contribution in [0.5, 0.6) is 0 Å². The van der Waals surface area contributed by atoms with Gasteiger partial charge in [-0.05, 0) is 60.0 Å². The number of carbonyl (C=O) groups excluding carboxylic acids is 1. The highest BCUT2D eigenvalue weighted by Gasteiger charge is 2.18. The number of oxazole rings is 1. The Morgan fingerprint density at radius 2 is 1.76 bits per heavy atom.